The quantitative estimate of drug-likeness (QED) is 0.786. The highest BCUT2D eigenvalue weighted by Crippen LogP contribution is 2.25. The second-order valence-corrected chi connectivity index (χ2v) is 4.28. The van der Waals surface area contributed by atoms with Crippen LogP contribution in [0.15, 0.2) is 18.2 Å². The zero-order chi connectivity index (χ0) is 10.7. The average Bonchev–Trinajstić information content (AvgIpc) is 2.72. The van der Waals surface area contributed by atoms with Crippen LogP contribution < -0.4 is 5.32 Å². The van der Waals surface area contributed by atoms with Crippen molar-refractivity contribution in [3.63, 3.8) is 0 Å². The van der Waals surface area contributed by atoms with E-state index in [0.717, 1.165) is 0 Å². The van der Waals surface area contributed by atoms with Gasteiger partial charge in [0.15, 0.2) is 0 Å². The monoisotopic (exact) mass is 205 g/mol. The summed E-state index contributed by atoms with van der Waals surface area (Å²) in [6.07, 6.45) is 3.78. The second-order valence-electron chi connectivity index (χ2n) is 4.28. The standard InChI is InChI=1S/C13H19NO/c1-10(14-7-8-15)12-6-5-11-3-2-4-13(11)9-12/h5-6,9-10,14-15H,2-4,7-8H2,1H3. The zero-order valence-corrected chi connectivity index (χ0v) is 9.29. The first-order chi connectivity index (χ1) is 7.31. The van der Waals surface area contributed by atoms with E-state index in [1.54, 1.807) is 0 Å². The SMILES string of the molecule is CC(NCCO)c1ccc2c(c1)CCC2. The molecule has 0 radical (unpaired) electrons. The van der Waals surface area contributed by atoms with E-state index in [1.165, 1.54) is 36.0 Å². The van der Waals surface area contributed by atoms with Gasteiger partial charge in [-0.1, -0.05) is 18.2 Å². The van der Waals surface area contributed by atoms with Crippen molar-refractivity contribution in [2.75, 3.05) is 13.2 Å². The maximum Gasteiger partial charge on any atom is 0.0556 e. The summed E-state index contributed by atoms with van der Waals surface area (Å²) in [6.45, 7) is 3.01. The molecule has 1 aromatic carbocycles. The van der Waals surface area contributed by atoms with Crippen molar-refractivity contribution < 1.29 is 5.11 Å². The van der Waals surface area contributed by atoms with Gasteiger partial charge in [0.25, 0.3) is 0 Å². The Balaban J connectivity index is 2.08. The highest BCUT2D eigenvalue weighted by atomic mass is 16.3. The lowest BCUT2D eigenvalue weighted by molar-refractivity contribution is 0.286. The second kappa shape index (κ2) is 4.77. The molecule has 1 aliphatic rings. The van der Waals surface area contributed by atoms with Gasteiger partial charge < -0.3 is 10.4 Å². The third-order valence-electron chi connectivity index (χ3n) is 3.18. The Morgan fingerprint density at radius 1 is 1.33 bits per heavy atom. The van der Waals surface area contributed by atoms with Gasteiger partial charge in [0.05, 0.1) is 6.61 Å². The van der Waals surface area contributed by atoms with Gasteiger partial charge >= 0.3 is 0 Å². The van der Waals surface area contributed by atoms with Gasteiger partial charge in [0, 0.05) is 12.6 Å². The molecule has 1 aliphatic carbocycles. The summed E-state index contributed by atoms with van der Waals surface area (Å²) in [5.41, 5.74) is 4.38. The Bertz CT molecular complexity index is 335. The van der Waals surface area contributed by atoms with Crippen LogP contribution in [0.3, 0.4) is 0 Å². The van der Waals surface area contributed by atoms with Crippen LogP contribution in [0.2, 0.25) is 0 Å². The minimum atomic E-state index is 0.204. The van der Waals surface area contributed by atoms with E-state index < -0.39 is 0 Å². The molecule has 0 bridgehead atoms. The number of hydrogen-bond donors (Lipinski definition) is 2. The molecule has 15 heavy (non-hydrogen) atoms. The first kappa shape index (κ1) is 10.7. The van der Waals surface area contributed by atoms with Crippen molar-refractivity contribution in [1.29, 1.82) is 0 Å². The fraction of sp³-hybridized carbons (Fsp3) is 0.538. The van der Waals surface area contributed by atoms with Crippen molar-refractivity contribution in [1.82, 2.24) is 5.32 Å². The van der Waals surface area contributed by atoms with Crippen molar-refractivity contribution in [2.45, 2.75) is 32.2 Å². The fourth-order valence-corrected chi connectivity index (χ4v) is 2.26. The summed E-state index contributed by atoms with van der Waals surface area (Å²) in [6, 6.07) is 7.12. The molecule has 0 fully saturated rings. The van der Waals surface area contributed by atoms with Crippen LogP contribution in [-0.2, 0) is 12.8 Å². The molecule has 2 N–H and O–H groups in total. The fourth-order valence-electron chi connectivity index (χ4n) is 2.26. The Morgan fingerprint density at radius 3 is 2.93 bits per heavy atom. The van der Waals surface area contributed by atoms with E-state index in [2.05, 4.69) is 30.4 Å². The molecule has 0 heterocycles. The predicted octanol–water partition coefficient (Wildman–Crippen LogP) is 1.82. The van der Waals surface area contributed by atoms with Gasteiger partial charge in [-0.15, -0.1) is 0 Å². The van der Waals surface area contributed by atoms with Gasteiger partial charge in [0.1, 0.15) is 0 Å². The minimum Gasteiger partial charge on any atom is -0.395 e. The Hall–Kier alpha value is -0.860. The van der Waals surface area contributed by atoms with E-state index in [0.29, 0.717) is 12.6 Å². The van der Waals surface area contributed by atoms with Gasteiger partial charge in [-0.05, 0) is 42.9 Å². The molecule has 0 amide bonds. The number of aryl methyl sites for hydroxylation is 2. The predicted molar refractivity (Wildman–Crippen MR) is 62.0 cm³/mol. The number of rotatable bonds is 4. The van der Waals surface area contributed by atoms with Crippen LogP contribution >= 0.6 is 0 Å². The molecule has 0 saturated carbocycles. The number of aliphatic hydroxyl groups excluding tert-OH is 1. The largest absolute Gasteiger partial charge is 0.395 e. The number of fused-ring (bicyclic) bond motifs is 1. The van der Waals surface area contributed by atoms with Crippen molar-refractivity contribution >= 4 is 0 Å². The van der Waals surface area contributed by atoms with Crippen molar-refractivity contribution in [3.05, 3.63) is 34.9 Å². The zero-order valence-electron chi connectivity index (χ0n) is 9.29. The average molecular weight is 205 g/mol. The number of benzene rings is 1. The summed E-state index contributed by atoms with van der Waals surface area (Å²) >= 11 is 0. The number of aliphatic hydroxyl groups is 1. The minimum absolute atomic E-state index is 0.204. The molecular formula is C13H19NO. The molecule has 2 heteroatoms. The summed E-state index contributed by atoms with van der Waals surface area (Å²) < 4.78 is 0. The van der Waals surface area contributed by atoms with Gasteiger partial charge in [-0.3, -0.25) is 0 Å². The van der Waals surface area contributed by atoms with E-state index in [9.17, 15) is 0 Å². The smallest absolute Gasteiger partial charge is 0.0556 e. The van der Waals surface area contributed by atoms with Crippen LogP contribution in [0, 0.1) is 0 Å². The van der Waals surface area contributed by atoms with Crippen LogP contribution in [0.4, 0.5) is 0 Å². The molecule has 2 rings (SSSR count). The molecular weight excluding hydrogens is 186 g/mol. The van der Waals surface area contributed by atoms with Crippen LogP contribution in [0.25, 0.3) is 0 Å². The molecule has 0 aromatic heterocycles. The molecule has 1 aromatic rings. The molecule has 0 saturated heterocycles. The molecule has 1 unspecified atom stereocenters. The first-order valence-corrected chi connectivity index (χ1v) is 5.77. The molecule has 0 aliphatic heterocycles. The maximum absolute atomic E-state index is 8.75. The third kappa shape index (κ3) is 2.39. The van der Waals surface area contributed by atoms with Gasteiger partial charge in [0.2, 0.25) is 0 Å². The summed E-state index contributed by atoms with van der Waals surface area (Å²) in [7, 11) is 0. The van der Waals surface area contributed by atoms with Crippen molar-refractivity contribution in [3.8, 4) is 0 Å². The highest BCUT2D eigenvalue weighted by Gasteiger charge is 2.12. The summed E-state index contributed by atoms with van der Waals surface area (Å²) in [5, 5.41) is 12.0. The Morgan fingerprint density at radius 2 is 2.13 bits per heavy atom. The lowest BCUT2D eigenvalue weighted by atomic mass is 10.0. The van der Waals surface area contributed by atoms with E-state index in [4.69, 9.17) is 5.11 Å². The normalized spacial score (nSPS) is 16.4. The van der Waals surface area contributed by atoms with Crippen LogP contribution in [0.1, 0.15) is 36.1 Å². The molecule has 0 spiro atoms. The van der Waals surface area contributed by atoms with Crippen LogP contribution in [0.5, 0.6) is 0 Å². The van der Waals surface area contributed by atoms with Gasteiger partial charge in [-0.2, -0.15) is 0 Å². The maximum atomic E-state index is 8.75. The first-order valence-electron chi connectivity index (χ1n) is 5.77. The molecule has 1 atom stereocenters. The summed E-state index contributed by atoms with van der Waals surface area (Å²) in [5.74, 6) is 0. The third-order valence-corrected chi connectivity index (χ3v) is 3.18. The Kier molecular flexibility index (Phi) is 3.39. The van der Waals surface area contributed by atoms with Crippen molar-refractivity contribution in [2.24, 2.45) is 0 Å². The van der Waals surface area contributed by atoms with Gasteiger partial charge in [-0.25, -0.2) is 0 Å². The van der Waals surface area contributed by atoms with E-state index >= 15 is 0 Å². The lowest BCUT2D eigenvalue weighted by Gasteiger charge is -2.14. The molecule has 82 valence electrons. The number of hydrogen-bond acceptors (Lipinski definition) is 2. The Labute approximate surface area is 91.3 Å². The van der Waals surface area contributed by atoms with E-state index in [1.807, 2.05) is 0 Å². The number of nitrogens with one attached hydrogen (secondary N) is 1. The van der Waals surface area contributed by atoms with E-state index in [-0.39, 0.29) is 6.61 Å². The van der Waals surface area contributed by atoms with Crippen LogP contribution in [-0.4, -0.2) is 18.3 Å². The lowest BCUT2D eigenvalue weighted by Crippen LogP contribution is -2.22. The topological polar surface area (TPSA) is 32.3 Å². The summed E-state index contributed by atoms with van der Waals surface area (Å²) in [4.78, 5) is 0. The molecule has 2 nitrogen and oxygen atoms in total. The highest BCUT2D eigenvalue weighted by molar-refractivity contribution is 5.36.